The van der Waals surface area contributed by atoms with Crippen molar-refractivity contribution in [2.45, 2.75) is 24.9 Å². The maximum Gasteiger partial charge on any atom is 0.172 e. The third kappa shape index (κ3) is 2.26. The molecular formula is C14H14ClFN2O. The van der Waals surface area contributed by atoms with Crippen molar-refractivity contribution in [2.24, 2.45) is 0 Å². The fourth-order valence-corrected chi connectivity index (χ4v) is 2.52. The molecule has 2 N–H and O–H groups in total. The minimum atomic E-state index is -0.691. The van der Waals surface area contributed by atoms with Crippen LogP contribution in [-0.4, -0.2) is 22.2 Å². The topological polar surface area (TPSA) is 45.1 Å². The monoisotopic (exact) mass is 280 g/mol. The second-order valence-corrected chi connectivity index (χ2v) is 5.45. The van der Waals surface area contributed by atoms with E-state index in [9.17, 15) is 9.50 Å². The first kappa shape index (κ1) is 12.6. The molecule has 0 spiro atoms. The minimum absolute atomic E-state index is 0.248. The molecule has 0 unspecified atom stereocenters. The molecule has 19 heavy (non-hydrogen) atoms. The molecule has 5 heteroatoms. The number of nitrogens with one attached hydrogen (secondary N) is 1. The number of anilines is 1. The van der Waals surface area contributed by atoms with Gasteiger partial charge in [-0.3, -0.25) is 4.98 Å². The molecule has 0 saturated heterocycles. The molecule has 1 aliphatic carbocycles. The normalized spacial score (nSPS) is 17.2. The van der Waals surface area contributed by atoms with E-state index in [1.807, 2.05) is 0 Å². The Kier molecular flexibility index (Phi) is 3.07. The molecule has 1 aromatic heterocycles. The lowest BCUT2D eigenvalue weighted by Crippen LogP contribution is -2.43. The van der Waals surface area contributed by atoms with Crippen LogP contribution >= 0.6 is 11.6 Å². The van der Waals surface area contributed by atoms with Gasteiger partial charge >= 0.3 is 0 Å². The zero-order chi connectivity index (χ0) is 13.5. The molecule has 0 bridgehead atoms. The summed E-state index contributed by atoms with van der Waals surface area (Å²) in [4.78, 5) is 4.02. The Morgan fingerprint density at radius 1 is 1.37 bits per heavy atom. The van der Waals surface area contributed by atoms with Gasteiger partial charge in [-0.15, -0.1) is 0 Å². The lowest BCUT2D eigenvalue weighted by molar-refractivity contribution is -0.0202. The molecule has 100 valence electrons. The number of aliphatic hydroxyl groups is 1. The maximum atomic E-state index is 14.3. The number of aromatic nitrogens is 1. The van der Waals surface area contributed by atoms with Crippen LogP contribution in [0, 0.1) is 5.82 Å². The van der Waals surface area contributed by atoms with E-state index in [1.54, 1.807) is 18.2 Å². The Balaban J connectivity index is 1.90. The molecule has 0 radical (unpaired) electrons. The number of nitrogens with zero attached hydrogens (tertiary/aromatic N) is 1. The summed E-state index contributed by atoms with van der Waals surface area (Å²) in [6.45, 7) is 0.357. The molecule has 3 nitrogen and oxygen atoms in total. The largest absolute Gasteiger partial charge is 0.388 e. The van der Waals surface area contributed by atoms with Crippen molar-refractivity contribution in [3.63, 3.8) is 0 Å². The van der Waals surface area contributed by atoms with Crippen LogP contribution in [0.4, 0.5) is 10.1 Å². The van der Waals surface area contributed by atoms with E-state index < -0.39 is 11.4 Å². The second-order valence-electron chi connectivity index (χ2n) is 5.05. The first-order valence-corrected chi connectivity index (χ1v) is 6.66. The van der Waals surface area contributed by atoms with E-state index in [0.717, 1.165) is 19.3 Å². The van der Waals surface area contributed by atoms with E-state index in [-0.39, 0.29) is 5.52 Å². The molecule has 1 aliphatic rings. The van der Waals surface area contributed by atoms with Gasteiger partial charge in [0, 0.05) is 18.1 Å². The summed E-state index contributed by atoms with van der Waals surface area (Å²) in [6.07, 6.45) is 4.03. The maximum absolute atomic E-state index is 14.3. The number of hydrogen-bond acceptors (Lipinski definition) is 3. The van der Waals surface area contributed by atoms with Crippen LogP contribution in [0.15, 0.2) is 24.4 Å². The molecule has 1 heterocycles. The molecule has 2 aromatic rings. The van der Waals surface area contributed by atoms with Crippen molar-refractivity contribution in [1.29, 1.82) is 0 Å². The third-order valence-electron chi connectivity index (χ3n) is 3.69. The fourth-order valence-electron chi connectivity index (χ4n) is 2.31. The van der Waals surface area contributed by atoms with Crippen molar-refractivity contribution in [3.8, 4) is 0 Å². The van der Waals surface area contributed by atoms with E-state index in [1.165, 1.54) is 6.20 Å². The first-order valence-electron chi connectivity index (χ1n) is 6.28. The third-order valence-corrected chi connectivity index (χ3v) is 4.02. The standard InChI is InChI=1S/C14H14ClFN2O/c15-10-4-7-17-13-9(10)2-3-11(12(13)16)18-8-14(19)5-1-6-14/h2-4,7,18-19H,1,5-6,8H2. The number of benzene rings is 1. The number of fused-ring (bicyclic) bond motifs is 1. The summed E-state index contributed by atoms with van der Waals surface area (Å²) >= 11 is 6.00. The van der Waals surface area contributed by atoms with Gasteiger partial charge in [0.2, 0.25) is 0 Å². The van der Waals surface area contributed by atoms with Gasteiger partial charge in [-0.1, -0.05) is 11.6 Å². The second kappa shape index (κ2) is 4.62. The highest BCUT2D eigenvalue weighted by molar-refractivity contribution is 6.35. The highest BCUT2D eigenvalue weighted by Gasteiger charge is 2.34. The van der Waals surface area contributed by atoms with Crippen LogP contribution in [0.2, 0.25) is 5.02 Å². The van der Waals surface area contributed by atoms with Crippen molar-refractivity contribution in [1.82, 2.24) is 4.98 Å². The summed E-state index contributed by atoms with van der Waals surface area (Å²) < 4.78 is 14.3. The number of hydrogen-bond donors (Lipinski definition) is 2. The molecule has 1 saturated carbocycles. The van der Waals surface area contributed by atoms with Crippen molar-refractivity contribution in [3.05, 3.63) is 35.2 Å². The predicted molar refractivity (Wildman–Crippen MR) is 74.0 cm³/mol. The number of pyridine rings is 1. The molecule has 0 atom stereocenters. The zero-order valence-electron chi connectivity index (χ0n) is 10.3. The van der Waals surface area contributed by atoms with Crippen LogP contribution in [0.25, 0.3) is 10.9 Å². The highest BCUT2D eigenvalue weighted by Crippen LogP contribution is 2.33. The molecule has 1 fully saturated rings. The lowest BCUT2D eigenvalue weighted by atomic mass is 9.80. The average Bonchev–Trinajstić information content (AvgIpc) is 2.37. The van der Waals surface area contributed by atoms with Gasteiger partial charge in [-0.2, -0.15) is 0 Å². The van der Waals surface area contributed by atoms with Crippen LogP contribution in [0.3, 0.4) is 0 Å². The number of halogens is 2. The summed E-state index contributed by atoms with van der Waals surface area (Å²) in [7, 11) is 0. The Labute approximate surface area is 115 Å². The Bertz CT molecular complexity index is 628. The molecule has 0 aliphatic heterocycles. The Morgan fingerprint density at radius 3 is 2.84 bits per heavy atom. The molecule has 3 rings (SSSR count). The minimum Gasteiger partial charge on any atom is -0.388 e. The van der Waals surface area contributed by atoms with Gasteiger partial charge in [-0.05, 0) is 37.5 Å². The first-order chi connectivity index (χ1) is 9.09. The molecule has 1 aromatic carbocycles. The van der Waals surface area contributed by atoms with E-state index >= 15 is 0 Å². The van der Waals surface area contributed by atoms with Crippen molar-refractivity contribution >= 4 is 28.2 Å². The smallest absolute Gasteiger partial charge is 0.172 e. The van der Waals surface area contributed by atoms with Gasteiger partial charge in [0.05, 0.1) is 16.3 Å². The van der Waals surface area contributed by atoms with Crippen LogP contribution in [-0.2, 0) is 0 Å². The van der Waals surface area contributed by atoms with Gasteiger partial charge < -0.3 is 10.4 Å². The van der Waals surface area contributed by atoms with Crippen LogP contribution in [0.1, 0.15) is 19.3 Å². The summed E-state index contributed by atoms with van der Waals surface area (Å²) in [6, 6.07) is 5.00. The van der Waals surface area contributed by atoms with E-state index in [2.05, 4.69) is 10.3 Å². The highest BCUT2D eigenvalue weighted by atomic mass is 35.5. The number of rotatable bonds is 3. The van der Waals surface area contributed by atoms with Crippen LogP contribution < -0.4 is 5.32 Å². The summed E-state index contributed by atoms with van der Waals surface area (Å²) in [5.74, 6) is -0.428. The van der Waals surface area contributed by atoms with Crippen LogP contribution in [0.5, 0.6) is 0 Å². The van der Waals surface area contributed by atoms with E-state index in [0.29, 0.717) is 22.6 Å². The van der Waals surface area contributed by atoms with Gasteiger partial charge in [0.15, 0.2) is 5.82 Å². The fraction of sp³-hybridized carbons (Fsp3) is 0.357. The van der Waals surface area contributed by atoms with Crippen molar-refractivity contribution < 1.29 is 9.50 Å². The summed E-state index contributed by atoms with van der Waals surface area (Å²) in [5.41, 5.74) is -0.0934. The predicted octanol–water partition coefficient (Wildman–Crippen LogP) is 3.35. The zero-order valence-corrected chi connectivity index (χ0v) is 11.0. The van der Waals surface area contributed by atoms with Gasteiger partial charge in [0.1, 0.15) is 5.52 Å². The average molecular weight is 281 g/mol. The quantitative estimate of drug-likeness (QED) is 0.906. The van der Waals surface area contributed by atoms with E-state index in [4.69, 9.17) is 11.6 Å². The summed E-state index contributed by atoms with van der Waals surface area (Å²) in [5, 5.41) is 14.0. The molecular weight excluding hydrogens is 267 g/mol. The molecule has 0 amide bonds. The lowest BCUT2D eigenvalue weighted by Gasteiger charge is -2.36. The van der Waals surface area contributed by atoms with Gasteiger partial charge in [-0.25, -0.2) is 4.39 Å². The van der Waals surface area contributed by atoms with Crippen molar-refractivity contribution in [2.75, 3.05) is 11.9 Å². The Morgan fingerprint density at radius 2 is 2.16 bits per heavy atom. The van der Waals surface area contributed by atoms with Gasteiger partial charge in [0.25, 0.3) is 0 Å². The SMILES string of the molecule is OC1(CNc2ccc3c(Cl)ccnc3c2F)CCC1. The Hall–Kier alpha value is -1.39.